The number of fused-ring (bicyclic) bond motifs is 1. The number of hydrogen-bond acceptors (Lipinski definition) is 5. The van der Waals surface area contributed by atoms with E-state index in [2.05, 4.69) is 6.07 Å². The average molecular weight is 386 g/mol. The smallest absolute Gasteiger partial charge is 0.375 e. The van der Waals surface area contributed by atoms with Crippen LogP contribution in [-0.4, -0.2) is 35.5 Å². The molecule has 0 aliphatic heterocycles. The van der Waals surface area contributed by atoms with Crippen molar-refractivity contribution in [1.82, 2.24) is 4.90 Å². The van der Waals surface area contributed by atoms with Crippen molar-refractivity contribution in [3.8, 4) is 6.07 Å². The third-order valence-electron chi connectivity index (χ3n) is 5.58. The van der Waals surface area contributed by atoms with Gasteiger partial charge in [-0.1, -0.05) is 19.3 Å². The van der Waals surface area contributed by atoms with Crippen molar-refractivity contribution in [2.45, 2.75) is 57.6 Å². The average Bonchev–Trinajstić information content (AvgIpc) is 3.03. The largest absolute Gasteiger partial charge is 0.449 e. The van der Waals surface area contributed by atoms with Crippen LogP contribution in [0.25, 0.3) is 11.0 Å². The molecule has 1 atom stereocenters. The van der Waals surface area contributed by atoms with Crippen LogP contribution in [0.4, 0.5) is 4.39 Å². The predicted molar refractivity (Wildman–Crippen MR) is 100.0 cm³/mol. The Morgan fingerprint density at radius 1 is 1.32 bits per heavy atom. The second kappa shape index (κ2) is 7.63. The number of nitrogens with zero attached hydrogens (tertiary/aromatic N) is 2. The Labute approximate surface area is 162 Å². The van der Waals surface area contributed by atoms with E-state index in [4.69, 9.17) is 9.15 Å². The molecule has 1 heterocycles. The van der Waals surface area contributed by atoms with Gasteiger partial charge in [-0.3, -0.25) is 4.79 Å². The zero-order valence-electron chi connectivity index (χ0n) is 16.3. The Morgan fingerprint density at radius 3 is 2.64 bits per heavy atom. The third-order valence-corrected chi connectivity index (χ3v) is 5.58. The number of benzene rings is 1. The van der Waals surface area contributed by atoms with Gasteiger partial charge in [-0.15, -0.1) is 0 Å². The van der Waals surface area contributed by atoms with Crippen molar-refractivity contribution in [1.29, 1.82) is 5.26 Å². The number of rotatable bonds is 4. The molecule has 28 heavy (non-hydrogen) atoms. The number of amides is 1. The molecule has 0 saturated heterocycles. The molecule has 0 N–H and O–H groups in total. The van der Waals surface area contributed by atoms with Crippen LogP contribution in [0.3, 0.4) is 0 Å². The summed E-state index contributed by atoms with van der Waals surface area (Å²) >= 11 is 0. The molecule has 1 saturated carbocycles. The molecule has 1 aliphatic carbocycles. The molecular weight excluding hydrogens is 363 g/mol. The summed E-state index contributed by atoms with van der Waals surface area (Å²) in [6.07, 6.45) is 2.96. The molecule has 6 nitrogen and oxygen atoms in total. The summed E-state index contributed by atoms with van der Waals surface area (Å²) in [6, 6.07) is 6.25. The molecule has 1 fully saturated rings. The van der Waals surface area contributed by atoms with Gasteiger partial charge >= 0.3 is 5.97 Å². The van der Waals surface area contributed by atoms with Crippen LogP contribution in [0.5, 0.6) is 0 Å². The molecular formula is C21H23FN2O4. The van der Waals surface area contributed by atoms with E-state index < -0.39 is 29.3 Å². The molecule has 0 radical (unpaired) electrons. The maximum atomic E-state index is 13.4. The van der Waals surface area contributed by atoms with Crippen LogP contribution in [0.1, 0.15) is 55.1 Å². The van der Waals surface area contributed by atoms with Gasteiger partial charge in [0.2, 0.25) is 5.76 Å². The van der Waals surface area contributed by atoms with E-state index in [0.717, 1.165) is 19.3 Å². The van der Waals surface area contributed by atoms with Gasteiger partial charge in [0.05, 0.1) is 6.07 Å². The zero-order chi connectivity index (χ0) is 20.5. The third kappa shape index (κ3) is 3.47. The van der Waals surface area contributed by atoms with Gasteiger partial charge in [-0.25, -0.2) is 9.18 Å². The monoisotopic (exact) mass is 386 g/mol. The second-order valence-corrected chi connectivity index (χ2v) is 7.35. The van der Waals surface area contributed by atoms with E-state index >= 15 is 0 Å². The van der Waals surface area contributed by atoms with Gasteiger partial charge < -0.3 is 14.1 Å². The number of carbonyl (C=O) groups is 2. The molecule has 1 aromatic heterocycles. The van der Waals surface area contributed by atoms with Gasteiger partial charge in [0, 0.05) is 18.0 Å². The lowest BCUT2D eigenvalue weighted by molar-refractivity contribution is -0.143. The van der Waals surface area contributed by atoms with Crippen LogP contribution < -0.4 is 0 Å². The van der Waals surface area contributed by atoms with E-state index in [9.17, 15) is 19.2 Å². The first-order valence-corrected chi connectivity index (χ1v) is 9.37. The molecule has 148 valence electrons. The summed E-state index contributed by atoms with van der Waals surface area (Å²) in [7, 11) is 1.58. The maximum Gasteiger partial charge on any atom is 0.375 e. The lowest BCUT2D eigenvalue weighted by Gasteiger charge is -2.39. The molecule has 0 spiro atoms. The minimum atomic E-state index is -1.08. The predicted octanol–water partition coefficient (Wildman–Crippen LogP) is 4.11. The standard InChI is InChI=1S/C21H23FN2O4/c1-13-16-11-15(22)7-8-17(16)28-18(13)20(26)27-14(2)19(25)24(3)21(12-23)9-5-4-6-10-21/h7-8,11,14H,4-6,9-10H2,1-3H3/t14-/m1/s1. The van der Waals surface area contributed by atoms with Crippen molar-refractivity contribution in [3.05, 3.63) is 35.3 Å². The summed E-state index contributed by atoms with van der Waals surface area (Å²) < 4.78 is 24.3. The number of ether oxygens (including phenoxy) is 1. The number of hydrogen-bond donors (Lipinski definition) is 0. The Hall–Kier alpha value is -2.88. The van der Waals surface area contributed by atoms with Crippen molar-refractivity contribution < 1.29 is 23.1 Å². The number of furan rings is 1. The number of carbonyl (C=O) groups excluding carboxylic acids is 2. The highest BCUT2D eigenvalue weighted by atomic mass is 19.1. The Kier molecular flexibility index (Phi) is 5.41. The fourth-order valence-corrected chi connectivity index (χ4v) is 3.79. The molecule has 0 bridgehead atoms. The van der Waals surface area contributed by atoms with Crippen molar-refractivity contribution in [2.75, 3.05) is 7.05 Å². The van der Waals surface area contributed by atoms with Gasteiger partial charge in [-0.2, -0.15) is 5.26 Å². The highest BCUT2D eigenvalue weighted by Crippen LogP contribution is 2.33. The molecule has 3 rings (SSSR count). The Balaban J connectivity index is 1.76. The van der Waals surface area contributed by atoms with E-state index in [1.807, 2.05) is 0 Å². The van der Waals surface area contributed by atoms with Crippen LogP contribution >= 0.6 is 0 Å². The lowest BCUT2D eigenvalue weighted by atomic mass is 9.81. The minimum absolute atomic E-state index is 0.0597. The van der Waals surface area contributed by atoms with E-state index in [1.165, 1.54) is 30.0 Å². The maximum absolute atomic E-state index is 13.4. The van der Waals surface area contributed by atoms with Crippen LogP contribution in [0.15, 0.2) is 22.6 Å². The van der Waals surface area contributed by atoms with Crippen molar-refractivity contribution >= 4 is 22.8 Å². The quantitative estimate of drug-likeness (QED) is 0.739. The summed E-state index contributed by atoms with van der Waals surface area (Å²) in [4.78, 5) is 26.7. The number of aryl methyl sites for hydroxylation is 1. The van der Waals surface area contributed by atoms with E-state index in [0.29, 0.717) is 29.4 Å². The summed E-state index contributed by atoms with van der Waals surface area (Å²) in [5.41, 5.74) is -0.0381. The van der Waals surface area contributed by atoms with Gasteiger partial charge in [0.15, 0.2) is 6.10 Å². The fraction of sp³-hybridized carbons (Fsp3) is 0.476. The normalized spacial score (nSPS) is 17.0. The Bertz CT molecular complexity index is 953. The summed E-state index contributed by atoms with van der Waals surface area (Å²) in [5, 5.41) is 10.1. The number of halogens is 1. The van der Waals surface area contributed by atoms with Crippen molar-refractivity contribution in [3.63, 3.8) is 0 Å². The zero-order valence-corrected chi connectivity index (χ0v) is 16.3. The molecule has 7 heteroatoms. The summed E-state index contributed by atoms with van der Waals surface area (Å²) in [6.45, 7) is 3.11. The Morgan fingerprint density at radius 2 is 2.00 bits per heavy atom. The van der Waals surface area contributed by atoms with Gasteiger partial charge in [0.1, 0.15) is 16.9 Å². The highest BCUT2D eigenvalue weighted by Gasteiger charge is 2.41. The molecule has 1 amide bonds. The van der Waals surface area contributed by atoms with Crippen LogP contribution in [0.2, 0.25) is 0 Å². The minimum Gasteiger partial charge on any atom is -0.449 e. The second-order valence-electron chi connectivity index (χ2n) is 7.35. The lowest BCUT2D eigenvalue weighted by Crippen LogP contribution is -2.53. The molecule has 2 aromatic rings. The first-order valence-electron chi connectivity index (χ1n) is 9.37. The summed E-state index contributed by atoms with van der Waals surface area (Å²) in [5.74, 6) is -1.72. The highest BCUT2D eigenvalue weighted by molar-refractivity contribution is 5.97. The SMILES string of the molecule is Cc1c(C(=O)O[C@H](C)C(=O)N(C)C2(C#N)CCCCC2)oc2ccc(F)cc12. The first-order chi connectivity index (χ1) is 13.3. The topological polar surface area (TPSA) is 83.5 Å². The number of esters is 1. The van der Waals surface area contributed by atoms with Crippen molar-refractivity contribution in [2.24, 2.45) is 0 Å². The molecule has 1 aromatic carbocycles. The van der Waals surface area contributed by atoms with E-state index in [-0.39, 0.29) is 5.76 Å². The van der Waals surface area contributed by atoms with E-state index in [1.54, 1.807) is 14.0 Å². The first kappa shape index (κ1) is 19.9. The molecule has 1 aliphatic rings. The van der Waals surface area contributed by atoms with Crippen LogP contribution in [-0.2, 0) is 9.53 Å². The molecule has 0 unspecified atom stereocenters. The van der Waals surface area contributed by atoms with Gasteiger partial charge in [-0.05, 0) is 44.9 Å². The van der Waals surface area contributed by atoms with Gasteiger partial charge in [0.25, 0.3) is 5.91 Å². The van der Waals surface area contributed by atoms with Crippen LogP contribution in [0, 0.1) is 24.1 Å². The fourth-order valence-electron chi connectivity index (χ4n) is 3.79. The number of nitriles is 1. The number of likely N-dealkylation sites (N-methyl/N-ethyl adjacent to an activating group) is 1.